The number of carbonyl (C=O) groups is 1. The monoisotopic (exact) mass is 492 g/mol. The van der Waals surface area contributed by atoms with Crippen LogP contribution in [-0.4, -0.2) is 167 Å². The van der Waals surface area contributed by atoms with Gasteiger partial charge in [0, 0.05) is 0 Å². The van der Waals surface area contributed by atoms with Crippen LogP contribution in [0.25, 0.3) is 0 Å². The van der Waals surface area contributed by atoms with Crippen molar-refractivity contribution in [3.8, 4) is 0 Å². The molecule has 33 heavy (non-hydrogen) atoms. The van der Waals surface area contributed by atoms with Gasteiger partial charge < -0.3 is 75.5 Å². The summed E-state index contributed by atoms with van der Waals surface area (Å²) >= 11 is 0. The van der Waals surface area contributed by atoms with E-state index in [0.29, 0.717) is 0 Å². The minimum absolute atomic E-state index is 0.669. The molecule has 2 rings (SSSR count). The van der Waals surface area contributed by atoms with Crippen LogP contribution in [0.15, 0.2) is 0 Å². The van der Waals surface area contributed by atoms with Crippen LogP contribution in [0.3, 0.4) is 0 Å². The van der Waals surface area contributed by atoms with E-state index in [2.05, 4.69) is 0 Å². The maximum Gasteiger partial charge on any atom is 0.224 e. The molecule has 0 aromatic heterocycles. The van der Waals surface area contributed by atoms with E-state index in [4.69, 9.17) is 44.8 Å². The van der Waals surface area contributed by atoms with Crippen molar-refractivity contribution < 1.29 is 80.3 Å². The fraction of sp³-hybridized carbons (Fsp3) is 0.941. The zero-order valence-corrected chi connectivity index (χ0v) is 17.3. The summed E-state index contributed by atoms with van der Waals surface area (Å²) in [6.45, 7) is -3.86. The first-order valence-corrected chi connectivity index (χ1v) is 9.79. The van der Waals surface area contributed by atoms with E-state index in [9.17, 15) is 35.4 Å². The molecule has 196 valence electrons. The zero-order valence-electron chi connectivity index (χ0n) is 17.3. The van der Waals surface area contributed by atoms with Crippen molar-refractivity contribution in [2.45, 2.75) is 67.0 Å². The average Bonchev–Trinajstić information content (AvgIpc) is 3.08. The molecule has 0 radical (unpaired) electrons. The number of Topliss-reactive ketones (excluding diaryl/α,β-unsaturated/α-hetero) is 1. The van der Waals surface area contributed by atoms with E-state index in [0.717, 1.165) is 0 Å². The summed E-state index contributed by atoms with van der Waals surface area (Å²) in [7, 11) is 0. The van der Waals surface area contributed by atoms with Gasteiger partial charge in [-0.25, -0.2) is 0 Å². The second-order valence-electron chi connectivity index (χ2n) is 7.38. The van der Waals surface area contributed by atoms with E-state index in [1.165, 1.54) is 0 Å². The lowest BCUT2D eigenvalue weighted by Gasteiger charge is -2.43. The summed E-state index contributed by atoms with van der Waals surface area (Å²) in [6.07, 6.45) is -15.8. The fourth-order valence-electron chi connectivity index (χ4n) is 3.04. The van der Waals surface area contributed by atoms with Crippen molar-refractivity contribution in [1.82, 2.24) is 0 Å². The molecule has 2 unspecified atom stereocenters. The van der Waals surface area contributed by atoms with Crippen LogP contribution in [-0.2, 0) is 19.0 Å². The van der Waals surface area contributed by atoms with Gasteiger partial charge in [-0.15, -0.1) is 0 Å². The number of ether oxygens (including phenoxy) is 3. The minimum Gasteiger partial charge on any atom is -0.394 e. The summed E-state index contributed by atoms with van der Waals surface area (Å²) in [6, 6.07) is 0. The van der Waals surface area contributed by atoms with Gasteiger partial charge in [-0.2, -0.15) is 0 Å². The second-order valence-corrected chi connectivity index (χ2v) is 7.38. The molecular formula is C17H32O16. The molecule has 0 aromatic rings. The average molecular weight is 492 g/mol. The van der Waals surface area contributed by atoms with Gasteiger partial charge in [-0.05, 0) is 0 Å². The van der Waals surface area contributed by atoms with Crippen molar-refractivity contribution >= 4 is 5.78 Å². The van der Waals surface area contributed by atoms with Crippen LogP contribution < -0.4 is 0 Å². The van der Waals surface area contributed by atoms with E-state index in [1.54, 1.807) is 0 Å². The highest BCUT2D eigenvalue weighted by atomic mass is 16.8. The highest BCUT2D eigenvalue weighted by Gasteiger charge is 2.58. The molecule has 12 N–H and O–H groups in total. The number of aliphatic hydroxyl groups is 12. The molecular weight excluding hydrogens is 460 g/mol. The number of hydrogen-bond donors (Lipinski definition) is 12. The largest absolute Gasteiger partial charge is 0.394 e. The second kappa shape index (κ2) is 13.2. The van der Waals surface area contributed by atoms with Gasteiger partial charge in [0.05, 0.1) is 19.8 Å². The smallest absolute Gasteiger partial charge is 0.224 e. The number of rotatable bonds is 9. The van der Waals surface area contributed by atoms with E-state index >= 15 is 0 Å². The van der Waals surface area contributed by atoms with Crippen LogP contribution in [0.4, 0.5) is 0 Å². The quantitative estimate of drug-likeness (QED) is 0.142. The maximum absolute atomic E-state index is 10.3. The standard InChI is InChI=1S/C12H22O11.C5H10O5/c13-1-4-6(16)8(18)9(19)11(21-4)23-12(3-15)10(20)7(17)5(2-14)22-12;6-1-3(8)5(10)4(9)2-7/h4-11,13-20H,1-3H2;3,5-8,10H,1-2H2/t4-,5-,6-,7-,8+,9-,10+,11-,12+;/m1./s1. The first kappa shape index (κ1) is 30.1. The third kappa shape index (κ3) is 6.82. The molecule has 0 spiro atoms. The van der Waals surface area contributed by atoms with Crippen LogP contribution in [0.5, 0.6) is 0 Å². The Morgan fingerprint density at radius 2 is 1.42 bits per heavy atom. The number of hydrogen-bond acceptors (Lipinski definition) is 16. The van der Waals surface area contributed by atoms with Crippen molar-refractivity contribution in [1.29, 1.82) is 0 Å². The van der Waals surface area contributed by atoms with Gasteiger partial charge >= 0.3 is 0 Å². The molecule has 2 aliphatic rings. The molecule has 0 aliphatic carbocycles. The molecule has 16 nitrogen and oxygen atoms in total. The molecule has 2 aliphatic heterocycles. The minimum atomic E-state index is -2.22. The van der Waals surface area contributed by atoms with Gasteiger partial charge in [0.25, 0.3) is 0 Å². The Bertz CT molecular complexity index is 591. The Morgan fingerprint density at radius 1 is 0.848 bits per heavy atom. The first-order chi connectivity index (χ1) is 15.4. The Kier molecular flexibility index (Phi) is 12.1. The third-order valence-corrected chi connectivity index (χ3v) is 5.11. The Balaban J connectivity index is 0.000000461. The van der Waals surface area contributed by atoms with E-state index < -0.39 is 106 Å². The summed E-state index contributed by atoms with van der Waals surface area (Å²) in [4.78, 5) is 10.3. The SMILES string of the molecule is O=C(CO)C(O)C(O)CO.OC[C@H]1O[C@@](CO)(O[C@H]2O[C@H](CO)[C@@H](O)[C@H](O)[C@H]2O)[C@@H](O)[C@@H]1O. The predicted molar refractivity (Wildman–Crippen MR) is 99.8 cm³/mol. The zero-order chi connectivity index (χ0) is 25.5. The predicted octanol–water partition coefficient (Wildman–Crippen LogP) is -8.13. The third-order valence-electron chi connectivity index (χ3n) is 5.11. The summed E-state index contributed by atoms with van der Waals surface area (Å²) in [5.41, 5.74) is 0. The van der Waals surface area contributed by atoms with Crippen molar-refractivity contribution in [2.24, 2.45) is 0 Å². The lowest BCUT2D eigenvalue weighted by molar-refractivity contribution is -0.383. The summed E-state index contributed by atoms with van der Waals surface area (Å²) in [5, 5.41) is 110. The van der Waals surface area contributed by atoms with Gasteiger partial charge in [0.1, 0.15) is 68.1 Å². The number of aliphatic hydroxyl groups excluding tert-OH is 12. The van der Waals surface area contributed by atoms with Crippen molar-refractivity contribution in [3.63, 3.8) is 0 Å². The molecule has 0 bridgehead atoms. The molecule has 0 saturated carbocycles. The Labute approximate surface area is 187 Å². The van der Waals surface area contributed by atoms with Gasteiger partial charge in [-0.1, -0.05) is 0 Å². The van der Waals surface area contributed by atoms with Crippen molar-refractivity contribution in [3.05, 3.63) is 0 Å². The lowest BCUT2D eigenvalue weighted by atomic mass is 9.99. The fourth-order valence-corrected chi connectivity index (χ4v) is 3.04. The van der Waals surface area contributed by atoms with Crippen LogP contribution in [0.1, 0.15) is 0 Å². The summed E-state index contributed by atoms with van der Waals surface area (Å²) in [5.74, 6) is -3.12. The highest BCUT2D eigenvalue weighted by molar-refractivity contribution is 5.84. The van der Waals surface area contributed by atoms with Crippen LogP contribution >= 0.6 is 0 Å². The Hall–Kier alpha value is -0.930. The number of carbonyl (C=O) groups excluding carboxylic acids is 1. The highest BCUT2D eigenvalue weighted by Crippen LogP contribution is 2.35. The van der Waals surface area contributed by atoms with Gasteiger partial charge in [-0.3, -0.25) is 4.79 Å². The summed E-state index contributed by atoms with van der Waals surface area (Å²) < 4.78 is 15.4. The molecule has 0 amide bonds. The van der Waals surface area contributed by atoms with Crippen LogP contribution in [0, 0.1) is 0 Å². The normalized spacial score (nSPS) is 40.6. The Morgan fingerprint density at radius 3 is 1.85 bits per heavy atom. The molecule has 11 atom stereocenters. The molecule has 0 aromatic carbocycles. The van der Waals surface area contributed by atoms with Crippen molar-refractivity contribution in [2.75, 3.05) is 33.0 Å². The topological polar surface area (TPSA) is 288 Å². The first-order valence-electron chi connectivity index (χ1n) is 9.79. The maximum atomic E-state index is 10.3. The lowest BCUT2D eigenvalue weighted by Crippen LogP contribution is -2.62. The van der Waals surface area contributed by atoms with Gasteiger partial charge in [0.15, 0.2) is 12.1 Å². The van der Waals surface area contributed by atoms with E-state index in [1.807, 2.05) is 0 Å². The molecule has 2 heterocycles. The molecule has 16 heteroatoms. The molecule has 2 fully saturated rings. The van der Waals surface area contributed by atoms with Crippen LogP contribution in [0.2, 0.25) is 0 Å². The molecule has 2 saturated heterocycles. The van der Waals surface area contributed by atoms with E-state index in [-0.39, 0.29) is 0 Å². The van der Waals surface area contributed by atoms with Gasteiger partial charge in [0.2, 0.25) is 5.79 Å². The number of ketones is 1.